The number of rotatable bonds is 13. The molecule has 1 aromatic heterocycles. The molecule has 1 aliphatic carbocycles. The van der Waals surface area contributed by atoms with Crippen molar-refractivity contribution in [1.29, 1.82) is 0 Å². The standard InChI is InChI=1S/C35H43N3O6/c1-23(2)21-38(32-8-5-9-33(39)36-32)35(42)29-13-12-27(43-3)19-31(29)37-16-14-24(15-17-37)22-44-28-7-4-6-26(18-28)30(20-34(40)41)25-10-11-25/h4-9,12-13,18-19,23-25,30H,10-11,14-17,20-22H2,1-3H3,(H,36,39)(H,40,41). The van der Waals surface area contributed by atoms with Gasteiger partial charge >= 0.3 is 5.97 Å². The number of hydrogen-bond acceptors (Lipinski definition) is 6. The van der Waals surface area contributed by atoms with Gasteiger partial charge in [-0.15, -0.1) is 0 Å². The maximum absolute atomic E-state index is 14.0. The predicted octanol–water partition coefficient (Wildman–Crippen LogP) is 5.95. The van der Waals surface area contributed by atoms with Crippen LogP contribution in [-0.4, -0.2) is 55.3 Å². The number of pyridine rings is 1. The highest BCUT2D eigenvalue weighted by Crippen LogP contribution is 2.45. The van der Waals surface area contributed by atoms with Gasteiger partial charge in [0, 0.05) is 31.8 Å². The van der Waals surface area contributed by atoms with Gasteiger partial charge in [0.05, 0.1) is 31.4 Å². The summed E-state index contributed by atoms with van der Waals surface area (Å²) in [4.78, 5) is 44.3. The number of nitrogens with one attached hydrogen (secondary N) is 1. The minimum atomic E-state index is -0.761. The van der Waals surface area contributed by atoms with Crippen molar-refractivity contribution in [2.24, 2.45) is 17.8 Å². The number of aromatic amines is 1. The van der Waals surface area contributed by atoms with E-state index in [1.54, 1.807) is 30.2 Å². The molecule has 0 radical (unpaired) electrons. The quantitative estimate of drug-likeness (QED) is 0.249. The molecule has 44 heavy (non-hydrogen) atoms. The number of methoxy groups -OCH3 is 1. The van der Waals surface area contributed by atoms with Crippen LogP contribution in [0.2, 0.25) is 0 Å². The van der Waals surface area contributed by atoms with E-state index < -0.39 is 5.97 Å². The number of aromatic nitrogens is 1. The molecule has 2 heterocycles. The first-order valence-corrected chi connectivity index (χ1v) is 15.6. The number of hydrogen-bond donors (Lipinski definition) is 2. The van der Waals surface area contributed by atoms with Gasteiger partial charge in [-0.25, -0.2) is 0 Å². The van der Waals surface area contributed by atoms with Crippen molar-refractivity contribution >= 4 is 23.4 Å². The molecule has 0 bridgehead atoms. The minimum absolute atomic E-state index is 0.0395. The lowest BCUT2D eigenvalue weighted by molar-refractivity contribution is -0.137. The number of piperidine rings is 1. The van der Waals surface area contributed by atoms with Crippen LogP contribution in [0, 0.1) is 17.8 Å². The zero-order valence-electron chi connectivity index (χ0n) is 25.8. The molecule has 0 spiro atoms. The van der Waals surface area contributed by atoms with E-state index in [1.165, 1.54) is 6.07 Å². The van der Waals surface area contributed by atoms with Gasteiger partial charge in [-0.05, 0) is 85.3 Å². The molecule has 1 amide bonds. The fraction of sp³-hybridized carbons (Fsp3) is 0.457. The summed E-state index contributed by atoms with van der Waals surface area (Å²) in [6, 6.07) is 18.3. The maximum atomic E-state index is 14.0. The average Bonchev–Trinajstić information content (AvgIpc) is 3.87. The van der Waals surface area contributed by atoms with Crippen LogP contribution in [0.3, 0.4) is 0 Å². The van der Waals surface area contributed by atoms with E-state index in [0.29, 0.717) is 42.1 Å². The van der Waals surface area contributed by atoms with E-state index in [0.717, 1.165) is 55.8 Å². The molecule has 234 valence electrons. The van der Waals surface area contributed by atoms with Gasteiger partial charge in [-0.3, -0.25) is 19.3 Å². The van der Waals surface area contributed by atoms with Crippen molar-refractivity contribution < 1.29 is 24.2 Å². The average molecular weight is 602 g/mol. The third-order valence-electron chi connectivity index (χ3n) is 8.58. The molecule has 1 saturated carbocycles. The minimum Gasteiger partial charge on any atom is -0.497 e. The van der Waals surface area contributed by atoms with Crippen LogP contribution in [0.25, 0.3) is 0 Å². The van der Waals surface area contributed by atoms with Gasteiger partial charge in [0.1, 0.15) is 17.3 Å². The van der Waals surface area contributed by atoms with Gasteiger partial charge in [-0.1, -0.05) is 32.0 Å². The number of benzene rings is 2. The molecule has 1 saturated heterocycles. The van der Waals surface area contributed by atoms with E-state index in [1.807, 2.05) is 50.2 Å². The zero-order valence-corrected chi connectivity index (χ0v) is 25.8. The highest BCUT2D eigenvalue weighted by Gasteiger charge is 2.34. The van der Waals surface area contributed by atoms with Crippen LogP contribution in [-0.2, 0) is 4.79 Å². The SMILES string of the molecule is COc1ccc(C(=O)N(CC(C)C)c2cccc(=O)[nH]2)c(N2CCC(COc3cccc(C(CC(=O)O)C4CC4)c3)CC2)c1. The molecular weight excluding hydrogens is 558 g/mol. The summed E-state index contributed by atoms with van der Waals surface area (Å²) < 4.78 is 11.8. The maximum Gasteiger partial charge on any atom is 0.303 e. The lowest BCUT2D eigenvalue weighted by atomic mass is 9.91. The van der Waals surface area contributed by atoms with Gasteiger partial charge in [-0.2, -0.15) is 0 Å². The molecule has 2 aliphatic rings. The number of ether oxygens (including phenoxy) is 2. The fourth-order valence-corrected chi connectivity index (χ4v) is 6.11. The summed E-state index contributed by atoms with van der Waals surface area (Å²) in [6.45, 7) is 6.65. The summed E-state index contributed by atoms with van der Waals surface area (Å²) in [5, 5.41) is 9.39. The van der Waals surface area contributed by atoms with Gasteiger partial charge < -0.3 is 24.5 Å². The van der Waals surface area contributed by atoms with Crippen LogP contribution in [0.15, 0.2) is 65.5 Å². The second-order valence-electron chi connectivity index (χ2n) is 12.4. The Balaban J connectivity index is 1.27. The highest BCUT2D eigenvalue weighted by molar-refractivity contribution is 6.09. The van der Waals surface area contributed by atoms with Crippen LogP contribution < -0.4 is 24.8 Å². The second-order valence-corrected chi connectivity index (χ2v) is 12.4. The van der Waals surface area contributed by atoms with Crippen LogP contribution in [0.5, 0.6) is 11.5 Å². The number of carbonyl (C=O) groups excluding carboxylic acids is 1. The van der Waals surface area contributed by atoms with E-state index in [2.05, 4.69) is 9.88 Å². The van der Waals surface area contributed by atoms with Crippen LogP contribution >= 0.6 is 0 Å². The molecule has 3 aromatic rings. The third-order valence-corrected chi connectivity index (χ3v) is 8.58. The van der Waals surface area contributed by atoms with E-state index in [4.69, 9.17) is 9.47 Å². The lowest BCUT2D eigenvalue weighted by Crippen LogP contribution is -2.39. The number of carboxylic acids is 1. The van der Waals surface area contributed by atoms with Crippen molar-refractivity contribution in [2.75, 3.05) is 43.2 Å². The molecule has 5 rings (SSSR count). The summed E-state index contributed by atoms with van der Waals surface area (Å²) in [5.41, 5.74) is 2.17. The summed E-state index contributed by atoms with van der Waals surface area (Å²) in [7, 11) is 1.62. The Morgan fingerprint density at radius 2 is 1.75 bits per heavy atom. The number of carboxylic acid groups (broad SMARTS) is 1. The van der Waals surface area contributed by atoms with Crippen molar-refractivity contribution in [2.45, 2.75) is 51.9 Å². The molecule has 2 fully saturated rings. The molecule has 9 nitrogen and oxygen atoms in total. The molecule has 2 aromatic carbocycles. The molecule has 1 aliphatic heterocycles. The first-order valence-electron chi connectivity index (χ1n) is 15.6. The van der Waals surface area contributed by atoms with Gasteiger partial charge in [0.25, 0.3) is 5.91 Å². The number of amides is 1. The largest absolute Gasteiger partial charge is 0.497 e. The van der Waals surface area contributed by atoms with Crippen molar-refractivity contribution in [3.63, 3.8) is 0 Å². The van der Waals surface area contributed by atoms with E-state index in [9.17, 15) is 19.5 Å². The van der Waals surface area contributed by atoms with Crippen LogP contribution in [0.1, 0.15) is 67.8 Å². The predicted molar refractivity (Wildman–Crippen MR) is 171 cm³/mol. The second kappa shape index (κ2) is 14.0. The molecular formula is C35H43N3O6. The number of nitrogens with zero attached hydrogens (tertiary/aromatic N) is 2. The third kappa shape index (κ3) is 7.81. The number of carbonyl (C=O) groups is 2. The van der Waals surface area contributed by atoms with Crippen molar-refractivity contribution in [3.8, 4) is 11.5 Å². The Labute approximate surface area is 258 Å². The number of H-pyrrole nitrogens is 1. The Morgan fingerprint density at radius 1 is 1.00 bits per heavy atom. The van der Waals surface area contributed by atoms with Crippen LogP contribution in [0.4, 0.5) is 11.5 Å². The Kier molecular flexibility index (Phi) is 9.92. The summed E-state index contributed by atoms with van der Waals surface area (Å²) in [6.07, 6.45) is 4.12. The first kappa shape index (κ1) is 31.2. The monoisotopic (exact) mass is 601 g/mol. The molecule has 1 unspecified atom stereocenters. The summed E-state index contributed by atoms with van der Waals surface area (Å²) in [5.74, 6) is 2.04. The smallest absolute Gasteiger partial charge is 0.303 e. The zero-order chi connectivity index (χ0) is 31.2. The summed E-state index contributed by atoms with van der Waals surface area (Å²) >= 11 is 0. The van der Waals surface area contributed by atoms with Gasteiger partial charge in [0.2, 0.25) is 5.56 Å². The first-order chi connectivity index (χ1) is 21.2. The lowest BCUT2D eigenvalue weighted by Gasteiger charge is -2.35. The van der Waals surface area contributed by atoms with Crippen molar-refractivity contribution in [1.82, 2.24) is 4.98 Å². The molecule has 2 N–H and O–H groups in total. The topological polar surface area (TPSA) is 112 Å². The Morgan fingerprint density at radius 3 is 2.41 bits per heavy atom. The normalized spacial score (nSPS) is 16.0. The van der Waals surface area contributed by atoms with E-state index in [-0.39, 0.29) is 29.7 Å². The fourth-order valence-electron chi connectivity index (χ4n) is 6.11. The van der Waals surface area contributed by atoms with Gasteiger partial charge in [0.15, 0.2) is 0 Å². The molecule has 1 atom stereocenters. The number of aliphatic carboxylic acids is 1. The Hall–Kier alpha value is -4.27. The van der Waals surface area contributed by atoms with Crippen molar-refractivity contribution in [3.05, 3.63) is 82.1 Å². The highest BCUT2D eigenvalue weighted by atomic mass is 16.5. The van der Waals surface area contributed by atoms with E-state index >= 15 is 0 Å². The Bertz CT molecular complexity index is 1510. The number of anilines is 2. The molecule has 9 heteroatoms.